The van der Waals surface area contributed by atoms with Gasteiger partial charge in [0, 0.05) is 11.4 Å². The van der Waals surface area contributed by atoms with Crippen LogP contribution in [0.4, 0.5) is 17.3 Å². The van der Waals surface area contributed by atoms with E-state index >= 15 is 0 Å². The van der Waals surface area contributed by atoms with Crippen molar-refractivity contribution in [3.8, 4) is 0 Å². The molecular weight excluding hydrogens is 368 g/mol. The fraction of sp³-hybridized carbons (Fsp3) is 0.182. The van der Waals surface area contributed by atoms with Gasteiger partial charge < -0.3 is 15.4 Å². The number of benzene rings is 2. The molecule has 0 aliphatic heterocycles. The molecule has 0 saturated heterocycles. The Morgan fingerprint density at radius 3 is 2.41 bits per heavy atom. The first-order valence-corrected chi connectivity index (χ1v) is 9.21. The topological polar surface area (TPSA) is 93.2 Å². The number of hydrogen-bond acceptors (Lipinski definition) is 6. The summed E-state index contributed by atoms with van der Waals surface area (Å²) in [7, 11) is 1.29. The van der Waals surface area contributed by atoms with Gasteiger partial charge in [-0.25, -0.2) is 14.8 Å². The number of rotatable bonds is 6. The molecule has 0 aliphatic rings. The molecule has 7 heteroatoms. The summed E-state index contributed by atoms with van der Waals surface area (Å²) in [5.74, 6) is -0.644. The van der Waals surface area contributed by atoms with Crippen molar-refractivity contribution in [3.05, 3.63) is 77.1 Å². The van der Waals surface area contributed by atoms with E-state index in [-0.39, 0.29) is 11.3 Å². The van der Waals surface area contributed by atoms with Gasteiger partial charge in [0.15, 0.2) is 0 Å². The minimum atomic E-state index is -0.529. The molecule has 148 valence electrons. The second-order valence-corrected chi connectivity index (χ2v) is 6.35. The van der Waals surface area contributed by atoms with Crippen LogP contribution in [0.3, 0.4) is 0 Å². The van der Waals surface area contributed by atoms with Crippen LogP contribution in [0, 0.1) is 6.92 Å². The van der Waals surface area contributed by atoms with E-state index in [1.54, 1.807) is 37.3 Å². The zero-order chi connectivity index (χ0) is 20.8. The number of carbonyl (C=O) groups is 2. The Bertz CT molecular complexity index is 1050. The van der Waals surface area contributed by atoms with Crippen molar-refractivity contribution in [1.82, 2.24) is 9.97 Å². The Balaban J connectivity index is 1.87. The normalized spacial score (nSPS) is 10.3. The number of ether oxygens (including phenoxy) is 1. The Morgan fingerprint density at radius 1 is 1.00 bits per heavy atom. The van der Waals surface area contributed by atoms with Crippen molar-refractivity contribution in [3.63, 3.8) is 0 Å². The van der Waals surface area contributed by atoms with Gasteiger partial charge in [-0.15, -0.1) is 0 Å². The van der Waals surface area contributed by atoms with Crippen LogP contribution in [0.1, 0.15) is 39.0 Å². The van der Waals surface area contributed by atoms with Crippen LogP contribution in [0.15, 0.2) is 54.6 Å². The highest BCUT2D eigenvalue weighted by Crippen LogP contribution is 2.21. The minimum Gasteiger partial charge on any atom is -0.465 e. The van der Waals surface area contributed by atoms with Crippen molar-refractivity contribution < 1.29 is 14.3 Å². The van der Waals surface area contributed by atoms with Gasteiger partial charge in [0.05, 0.1) is 18.4 Å². The van der Waals surface area contributed by atoms with Gasteiger partial charge in [-0.3, -0.25) is 4.79 Å². The van der Waals surface area contributed by atoms with Crippen LogP contribution in [0.5, 0.6) is 0 Å². The standard InChI is InChI=1S/C22H22N4O3/c1-4-15-9-5-7-11-17(15)25-22-23-14(2)13-19(26-22)20(27)24-18-12-8-6-10-16(18)21(28)29-3/h5-13H,4H2,1-3H3,(H,24,27)(H,23,25,26). The van der Waals surface area contributed by atoms with Crippen LogP contribution in [0.2, 0.25) is 0 Å². The third kappa shape index (κ3) is 4.76. The van der Waals surface area contributed by atoms with E-state index < -0.39 is 11.9 Å². The number of para-hydroxylation sites is 2. The van der Waals surface area contributed by atoms with Gasteiger partial charge in [0.1, 0.15) is 5.69 Å². The quantitative estimate of drug-likeness (QED) is 0.615. The third-order valence-electron chi connectivity index (χ3n) is 4.31. The molecule has 1 heterocycles. The van der Waals surface area contributed by atoms with Crippen LogP contribution < -0.4 is 10.6 Å². The van der Waals surface area contributed by atoms with E-state index in [4.69, 9.17) is 4.74 Å². The summed E-state index contributed by atoms with van der Waals surface area (Å²) in [5, 5.41) is 5.91. The molecule has 3 aromatic rings. The Hall–Kier alpha value is -3.74. The predicted octanol–water partition coefficient (Wildman–Crippen LogP) is 4.13. The fourth-order valence-corrected chi connectivity index (χ4v) is 2.88. The summed E-state index contributed by atoms with van der Waals surface area (Å²) < 4.78 is 4.76. The van der Waals surface area contributed by atoms with Crippen molar-refractivity contribution in [2.45, 2.75) is 20.3 Å². The number of carbonyl (C=O) groups excluding carboxylic acids is 2. The number of hydrogen-bond donors (Lipinski definition) is 2. The fourth-order valence-electron chi connectivity index (χ4n) is 2.88. The summed E-state index contributed by atoms with van der Waals surface area (Å²) >= 11 is 0. The molecular formula is C22H22N4O3. The third-order valence-corrected chi connectivity index (χ3v) is 4.31. The molecule has 2 aromatic carbocycles. The van der Waals surface area contributed by atoms with Gasteiger partial charge in [0.25, 0.3) is 5.91 Å². The SMILES string of the molecule is CCc1ccccc1Nc1nc(C)cc(C(=O)Nc2ccccc2C(=O)OC)n1. The molecule has 3 rings (SSSR count). The highest BCUT2D eigenvalue weighted by molar-refractivity contribution is 6.07. The highest BCUT2D eigenvalue weighted by atomic mass is 16.5. The van der Waals surface area contributed by atoms with Crippen LogP contribution in [-0.2, 0) is 11.2 Å². The molecule has 0 atom stereocenters. The average Bonchev–Trinajstić information content (AvgIpc) is 2.73. The number of esters is 1. The number of aryl methyl sites for hydroxylation is 2. The zero-order valence-electron chi connectivity index (χ0n) is 16.5. The van der Waals surface area contributed by atoms with E-state index in [1.807, 2.05) is 24.3 Å². The number of aromatic nitrogens is 2. The summed E-state index contributed by atoms with van der Waals surface area (Å²) in [6.07, 6.45) is 0.854. The maximum Gasteiger partial charge on any atom is 0.339 e. The zero-order valence-corrected chi connectivity index (χ0v) is 16.5. The van der Waals surface area contributed by atoms with E-state index in [9.17, 15) is 9.59 Å². The lowest BCUT2D eigenvalue weighted by Crippen LogP contribution is -2.18. The molecule has 0 saturated carbocycles. The van der Waals surface area contributed by atoms with Crippen LogP contribution in [0.25, 0.3) is 0 Å². The Kier molecular flexibility index (Phi) is 6.19. The summed E-state index contributed by atoms with van der Waals surface area (Å²) in [6.45, 7) is 3.85. The number of amides is 1. The molecule has 0 radical (unpaired) electrons. The smallest absolute Gasteiger partial charge is 0.339 e. The second-order valence-electron chi connectivity index (χ2n) is 6.35. The first kappa shape index (κ1) is 20.0. The Morgan fingerprint density at radius 2 is 1.69 bits per heavy atom. The molecule has 2 N–H and O–H groups in total. The lowest BCUT2D eigenvalue weighted by Gasteiger charge is -2.12. The van der Waals surface area contributed by atoms with Gasteiger partial charge in [0.2, 0.25) is 5.95 Å². The van der Waals surface area contributed by atoms with Crippen molar-refractivity contribution in [2.24, 2.45) is 0 Å². The number of methoxy groups -OCH3 is 1. The van der Waals surface area contributed by atoms with Gasteiger partial charge in [-0.1, -0.05) is 37.3 Å². The molecule has 1 aromatic heterocycles. The number of nitrogens with zero attached hydrogens (tertiary/aromatic N) is 2. The minimum absolute atomic E-state index is 0.189. The maximum absolute atomic E-state index is 12.8. The van der Waals surface area contributed by atoms with Gasteiger partial charge in [-0.05, 0) is 43.2 Å². The number of anilines is 3. The molecule has 0 fully saturated rings. The first-order valence-electron chi connectivity index (χ1n) is 9.21. The predicted molar refractivity (Wildman–Crippen MR) is 112 cm³/mol. The van der Waals surface area contributed by atoms with Crippen molar-refractivity contribution >= 4 is 29.2 Å². The lowest BCUT2D eigenvalue weighted by atomic mass is 10.1. The van der Waals surface area contributed by atoms with Crippen molar-refractivity contribution in [1.29, 1.82) is 0 Å². The molecule has 0 spiro atoms. The van der Waals surface area contributed by atoms with E-state index in [1.165, 1.54) is 7.11 Å². The van der Waals surface area contributed by atoms with E-state index in [0.717, 1.165) is 17.7 Å². The van der Waals surface area contributed by atoms with Crippen molar-refractivity contribution in [2.75, 3.05) is 17.7 Å². The Labute approximate surface area is 169 Å². The van der Waals surface area contributed by atoms with Gasteiger partial charge in [-0.2, -0.15) is 0 Å². The monoisotopic (exact) mass is 390 g/mol. The molecule has 0 aliphatic carbocycles. The first-order chi connectivity index (χ1) is 14.0. The summed E-state index contributed by atoms with van der Waals surface area (Å²) in [5.41, 5.74) is 3.46. The molecule has 0 unspecified atom stereocenters. The van der Waals surface area contributed by atoms with Crippen LogP contribution >= 0.6 is 0 Å². The summed E-state index contributed by atoms with van der Waals surface area (Å²) in [6, 6.07) is 16.1. The number of nitrogens with one attached hydrogen (secondary N) is 2. The maximum atomic E-state index is 12.8. The molecule has 7 nitrogen and oxygen atoms in total. The molecule has 0 bridgehead atoms. The summed E-state index contributed by atoms with van der Waals surface area (Å²) in [4.78, 5) is 33.4. The van der Waals surface area contributed by atoms with Gasteiger partial charge >= 0.3 is 5.97 Å². The average molecular weight is 390 g/mol. The van der Waals surface area contributed by atoms with Crippen LogP contribution in [-0.4, -0.2) is 29.0 Å². The second kappa shape index (κ2) is 8.97. The largest absolute Gasteiger partial charge is 0.465 e. The molecule has 1 amide bonds. The van der Waals surface area contributed by atoms with E-state index in [0.29, 0.717) is 17.3 Å². The lowest BCUT2D eigenvalue weighted by molar-refractivity contribution is 0.0602. The van der Waals surface area contributed by atoms with E-state index in [2.05, 4.69) is 27.5 Å². The molecule has 29 heavy (non-hydrogen) atoms. The highest BCUT2D eigenvalue weighted by Gasteiger charge is 2.16.